The Morgan fingerprint density at radius 3 is 1.98 bits per heavy atom. The van der Waals surface area contributed by atoms with Crippen molar-refractivity contribution in [1.82, 2.24) is 0 Å². The highest BCUT2D eigenvalue weighted by molar-refractivity contribution is 6.05. The van der Waals surface area contributed by atoms with Crippen LogP contribution >= 0.6 is 0 Å². The van der Waals surface area contributed by atoms with Crippen LogP contribution in [0, 0.1) is 103 Å². The normalized spacial score (nSPS) is 66.9. The number of ether oxygens (including phenoxy) is 2. The van der Waals surface area contributed by atoms with Crippen LogP contribution in [0.2, 0.25) is 0 Å². The number of hydrogen-bond donors (Lipinski definition) is 7. The van der Waals surface area contributed by atoms with Crippen molar-refractivity contribution in [1.29, 1.82) is 0 Å². The third-order valence-corrected chi connectivity index (χ3v) is 20.7. The molecule has 4 heterocycles. The lowest BCUT2D eigenvalue weighted by Crippen LogP contribution is -2.85. The molecular formula is C43H58O11. The molecule has 11 heteroatoms. The second-order valence-electron chi connectivity index (χ2n) is 22.9. The lowest BCUT2D eigenvalue weighted by atomic mass is 9.35. The standard InChI is InChI=1S/C43H58O11/c1-35(2)13-20-17(25(20)39-15-54-43(52,32(48)26(35)39)41-24(39)10-8-21(31(41)47)36(3,4)34(41)50)11-18-16-7-9-23-38-14-53-42(51,40(23,29(16)45)30(18)46)33(49)27(38)37(5,6)28(44)19-12-22(19)38/h11,16-17,19-29,31-33,44-45,47-49,51-52H,7-10,12-15H2,1-6H3/b18-11-/t16-,17+,19-,20-,21+,22?,23-,24-,25?,26+,27+,28-,29-,31-,32-,33-,38-,39+,40+,41+,42+,43+/m0/s1. The van der Waals surface area contributed by atoms with E-state index in [0.29, 0.717) is 31.3 Å². The first-order valence-corrected chi connectivity index (χ1v) is 21.1. The third kappa shape index (κ3) is 2.91. The summed E-state index contributed by atoms with van der Waals surface area (Å²) in [6.07, 6.45) is 0.0397. The van der Waals surface area contributed by atoms with Crippen LogP contribution in [0.1, 0.15) is 80.1 Å². The number of rotatable bonds is 1. The first-order valence-electron chi connectivity index (χ1n) is 21.1. The third-order valence-electron chi connectivity index (χ3n) is 20.7. The van der Waals surface area contributed by atoms with Crippen LogP contribution in [0.5, 0.6) is 0 Å². The Morgan fingerprint density at radius 2 is 1.28 bits per heavy atom. The van der Waals surface area contributed by atoms with Gasteiger partial charge in [-0.1, -0.05) is 47.6 Å². The summed E-state index contributed by atoms with van der Waals surface area (Å²) in [5, 5.41) is 85.8. The molecule has 54 heavy (non-hydrogen) atoms. The first-order chi connectivity index (χ1) is 25.1. The number of aliphatic hydroxyl groups excluding tert-OH is 5. The van der Waals surface area contributed by atoms with Crippen LogP contribution < -0.4 is 0 Å². The van der Waals surface area contributed by atoms with Gasteiger partial charge in [-0.3, -0.25) is 9.59 Å². The average Bonchev–Trinajstić information content (AvgIpc) is 4.02. The van der Waals surface area contributed by atoms with Crippen molar-refractivity contribution >= 4 is 11.6 Å². The largest absolute Gasteiger partial charge is 0.392 e. The number of hydrogen-bond acceptors (Lipinski definition) is 11. The summed E-state index contributed by atoms with van der Waals surface area (Å²) in [5.41, 5.74) is -6.42. The molecule has 4 spiro atoms. The van der Waals surface area contributed by atoms with Gasteiger partial charge in [-0.05, 0) is 102 Å². The minimum atomic E-state index is -2.32. The Morgan fingerprint density at radius 1 is 0.667 bits per heavy atom. The molecule has 0 aromatic carbocycles. The lowest BCUT2D eigenvalue weighted by Gasteiger charge is -2.74. The first kappa shape index (κ1) is 34.7. The Bertz CT molecular complexity index is 1870. The van der Waals surface area contributed by atoms with E-state index in [2.05, 4.69) is 19.9 Å². The fraction of sp³-hybridized carbons (Fsp3) is 0.907. The minimum absolute atomic E-state index is 0.0235. The lowest BCUT2D eigenvalue weighted by molar-refractivity contribution is -0.454. The Labute approximate surface area is 315 Å². The van der Waals surface area contributed by atoms with Gasteiger partial charge < -0.3 is 45.2 Å². The molecule has 0 amide bonds. The summed E-state index contributed by atoms with van der Waals surface area (Å²) in [7, 11) is 0. The molecular weight excluding hydrogens is 692 g/mol. The topological polar surface area (TPSA) is 194 Å². The van der Waals surface area contributed by atoms with Gasteiger partial charge in [0.15, 0.2) is 11.6 Å². The molecule has 14 rings (SSSR count). The molecule has 11 nitrogen and oxygen atoms in total. The van der Waals surface area contributed by atoms with E-state index in [1.807, 2.05) is 27.7 Å². The molecule has 8 bridgehead atoms. The van der Waals surface area contributed by atoms with Crippen LogP contribution in [0.25, 0.3) is 0 Å². The zero-order chi connectivity index (χ0) is 38.2. The Kier molecular flexibility index (Phi) is 5.87. The Balaban J connectivity index is 0.984. The molecule has 2 unspecified atom stereocenters. The van der Waals surface area contributed by atoms with Crippen molar-refractivity contribution in [3.63, 3.8) is 0 Å². The molecule has 4 saturated heterocycles. The van der Waals surface area contributed by atoms with Gasteiger partial charge in [0.05, 0.1) is 31.5 Å². The van der Waals surface area contributed by atoms with E-state index in [4.69, 9.17) is 9.47 Å². The fourth-order valence-corrected chi connectivity index (χ4v) is 19.2. The Hall–Kier alpha value is -1.28. The van der Waals surface area contributed by atoms with Gasteiger partial charge in [-0.15, -0.1) is 0 Å². The second kappa shape index (κ2) is 9.13. The second-order valence-corrected chi connectivity index (χ2v) is 22.9. The maximum Gasteiger partial charge on any atom is 0.208 e. The van der Waals surface area contributed by atoms with E-state index in [9.17, 15) is 40.5 Å². The van der Waals surface area contributed by atoms with E-state index >= 15 is 4.79 Å². The summed E-state index contributed by atoms with van der Waals surface area (Å²) in [6, 6.07) is 0. The van der Waals surface area contributed by atoms with Crippen LogP contribution in [0.15, 0.2) is 11.6 Å². The minimum Gasteiger partial charge on any atom is -0.392 e. The molecule has 14 fully saturated rings. The van der Waals surface area contributed by atoms with Crippen LogP contribution in [-0.2, 0) is 19.1 Å². The highest BCUT2D eigenvalue weighted by atomic mass is 16.7. The van der Waals surface area contributed by atoms with Gasteiger partial charge in [-0.2, -0.15) is 0 Å². The number of carbonyl (C=O) groups is 2. The van der Waals surface area contributed by atoms with E-state index in [1.54, 1.807) is 0 Å². The summed E-state index contributed by atoms with van der Waals surface area (Å²) in [5.74, 6) is -7.86. The molecule has 14 aliphatic rings. The van der Waals surface area contributed by atoms with Crippen molar-refractivity contribution in [2.75, 3.05) is 13.2 Å². The van der Waals surface area contributed by atoms with E-state index in [1.165, 1.54) is 0 Å². The van der Waals surface area contributed by atoms with E-state index in [0.717, 1.165) is 12.8 Å². The highest BCUT2D eigenvalue weighted by Gasteiger charge is 2.92. The molecule has 7 N–H and O–H groups in total. The van der Waals surface area contributed by atoms with Crippen molar-refractivity contribution < 1.29 is 54.8 Å². The van der Waals surface area contributed by atoms with Crippen LogP contribution in [0.3, 0.4) is 0 Å². The number of Topliss-reactive ketones (excluding diaryl/α,β-unsaturated/α-hetero) is 2. The monoisotopic (exact) mass is 750 g/mol. The van der Waals surface area contributed by atoms with Crippen molar-refractivity contribution in [2.45, 2.75) is 122 Å². The SMILES string of the molecule is CC1(C)C[C@@H]2C([C@@H]2/C=C2\C(=O)[C@]34[C@@H](O)[C@H]2CC[C@H]3[C@@]23CO[C@]4(O)[C@@H](O)[C@@H]2C(C)(C)[C@@H](O)[C@H]2CC23)[C@]23CO[C@](O)([C@@H](O)[C@H]12)[C@]12C(=O)C(C)(C)[C@H](CC[C@@H]31)[C@@H]2O. The molecule has 10 saturated carbocycles. The van der Waals surface area contributed by atoms with Gasteiger partial charge in [0, 0.05) is 34.0 Å². The summed E-state index contributed by atoms with van der Waals surface area (Å²) in [6.45, 7) is 12.2. The smallest absolute Gasteiger partial charge is 0.208 e. The maximum absolute atomic E-state index is 15.4. The van der Waals surface area contributed by atoms with Crippen molar-refractivity contribution in [3.8, 4) is 0 Å². The van der Waals surface area contributed by atoms with Gasteiger partial charge >= 0.3 is 0 Å². The summed E-state index contributed by atoms with van der Waals surface area (Å²) >= 11 is 0. The molecule has 0 radical (unpaired) electrons. The number of aliphatic hydroxyl groups is 7. The zero-order valence-electron chi connectivity index (χ0n) is 32.2. The van der Waals surface area contributed by atoms with E-state index < -0.39 is 110 Å². The summed E-state index contributed by atoms with van der Waals surface area (Å²) < 4.78 is 12.7. The predicted molar refractivity (Wildman–Crippen MR) is 187 cm³/mol. The zero-order valence-corrected chi connectivity index (χ0v) is 32.2. The van der Waals surface area contributed by atoms with Crippen LogP contribution in [0.4, 0.5) is 0 Å². The number of fused-ring (bicyclic) bond motifs is 6. The van der Waals surface area contributed by atoms with Crippen LogP contribution in [-0.4, -0.2) is 103 Å². The fourth-order valence-electron chi connectivity index (χ4n) is 19.2. The predicted octanol–water partition coefficient (Wildman–Crippen LogP) is 1.57. The molecule has 22 atom stereocenters. The number of allylic oxidation sites excluding steroid dienone is 1. The van der Waals surface area contributed by atoms with Gasteiger partial charge in [0.25, 0.3) is 0 Å². The molecule has 0 aromatic heterocycles. The van der Waals surface area contributed by atoms with Gasteiger partial charge in [0.2, 0.25) is 11.6 Å². The van der Waals surface area contributed by atoms with E-state index in [-0.39, 0.29) is 60.3 Å². The molecule has 296 valence electrons. The molecule has 10 aliphatic carbocycles. The maximum atomic E-state index is 15.4. The average molecular weight is 751 g/mol. The molecule has 0 aromatic rings. The van der Waals surface area contributed by atoms with Gasteiger partial charge in [-0.25, -0.2) is 0 Å². The number of ketones is 2. The van der Waals surface area contributed by atoms with Crippen molar-refractivity contribution in [2.24, 2.45) is 103 Å². The van der Waals surface area contributed by atoms with Gasteiger partial charge in [0.1, 0.15) is 23.0 Å². The summed E-state index contributed by atoms with van der Waals surface area (Å²) in [4.78, 5) is 30.1. The number of carbonyl (C=O) groups excluding carboxylic acids is 2. The highest BCUT2D eigenvalue weighted by Crippen LogP contribution is 2.85. The van der Waals surface area contributed by atoms with Crippen molar-refractivity contribution in [3.05, 3.63) is 11.6 Å². The quantitative estimate of drug-likeness (QED) is 0.193. The molecule has 4 aliphatic heterocycles.